The van der Waals surface area contributed by atoms with Gasteiger partial charge >= 0.3 is 0 Å². The van der Waals surface area contributed by atoms with Gasteiger partial charge in [0, 0.05) is 4.88 Å². The Bertz CT molecular complexity index is 586. The fourth-order valence-electron chi connectivity index (χ4n) is 1.73. The van der Waals surface area contributed by atoms with Crippen LogP contribution in [0, 0.1) is 11.3 Å². The van der Waals surface area contributed by atoms with Crippen molar-refractivity contribution in [2.24, 2.45) is 5.73 Å². The Labute approximate surface area is 111 Å². The summed E-state index contributed by atoms with van der Waals surface area (Å²) in [5, 5.41) is 11.2. The van der Waals surface area contributed by atoms with Gasteiger partial charge < -0.3 is 5.73 Å². The van der Waals surface area contributed by atoms with E-state index >= 15 is 0 Å². The lowest BCUT2D eigenvalue weighted by Crippen LogP contribution is -2.00. The third-order valence-electron chi connectivity index (χ3n) is 2.82. The quantitative estimate of drug-likeness (QED) is 0.850. The summed E-state index contributed by atoms with van der Waals surface area (Å²) in [6, 6.07) is 14.1. The Morgan fingerprint density at radius 1 is 1.28 bits per heavy atom. The van der Waals surface area contributed by atoms with E-state index in [0.29, 0.717) is 11.3 Å². The molecule has 0 aliphatic rings. The van der Waals surface area contributed by atoms with Gasteiger partial charge in [-0.25, -0.2) is 0 Å². The Balaban J connectivity index is 2.44. The molecule has 0 radical (unpaired) electrons. The van der Waals surface area contributed by atoms with Gasteiger partial charge in [-0.2, -0.15) is 5.26 Å². The summed E-state index contributed by atoms with van der Waals surface area (Å²) in [5.74, 6) is 0. The molecule has 0 fully saturated rings. The highest BCUT2D eigenvalue weighted by Crippen LogP contribution is 2.25. The monoisotopic (exact) mass is 254 g/mol. The van der Waals surface area contributed by atoms with Crippen molar-refractivity contribution in [2.45, 2.75) is 13.3 Å². The lowest BCUT2D eigenvalue weighted by molar-refractivity contribution is 1.14. The van der Waals surface area contributed by atoms with Gasteiger partial charge in [0.1, 0.15) is 6.07 Å². The molecule has 2 aromatic rings. The van der Waals surface area contributed by atoms with Crippen molar-refractivity contribution in [2.75, 3.05) is 0 Å². The maximum absolute atomic E-state index is 9.25. The zero-order valence-corrected chi connectivity index (χ0v) is 11.0. The van der Waals surface area contributed by atoms with Crippen molar-refractivity contribution >= 4 is 22.6 Å². The van der Waals surface area contributed by atoms with Crippen LogP contribution in [0.3, 0.4) is 0 Å². The number of hydrogen-bond acceptors (Lipinski definition) is 3. The second kappa shape index (κ2) is 5.52. The molecule has 1 heterocycles. The van der Waals surface area contributed by atoms with Gasteiger partial charge in [-0.1, -0.05) is 37.3 Å². The first-order valence-electron chi connectivity index (χ1n) is 5.79. The zero-order valence-electron chi connectivity index (χ0n) is 10.2. The van der Waals surface area contributed by atoms with E-state index in [9.17, 15) is 5.26 Å². The molecule has 0 amide bonds. The van der Waals surface area contributed by atoms with Crippen LogP contribution in [-0.4, -0.2) is 0 Å². The van der Waals surface area contributed by atoms with E-state index in [-0.39, 0.29) is 0 Å². The molecule has 2 rings (SSSR count). The molecule has 0 spiro atoms. The first-order valence-corrected chi connectivity index (χ1v) is 6.67. The van der Waals surface area contributed by atoms with Gasteiger partial charge in [-0.05, 0) is 29.0 Å². The molecule has 0 aliphatic carbocycles. The van der Waals surface area contributed by atoms with E-state index in [2.05, 4.69) is 13.0 Å². The normalized spacial score (nSPS) is 11.8. The van der Waals surface area contributed by atoms with Crippen LogP contribution in [0.5, 0.6) is 0 Å². The van der Waals surface area contributed by atoms with Crippen molar-refractivity contribution in [3.05, 3.63) is 57.8 Å². The molecule has 0 saturated heterocycles. The molecule has 0 bridgehead atoms. The number of nitrogens with zero attached hydrogens (tertiary/aromatic N) is 1. The van der Waals surface area contributed by atoms with Crippen LogP contribution in [0.15, 0.2) is 41.8 Å². The van der Waals surface area contributed by atoms with Gasteiger partial charge in [0.05, 0.1) is 11.3 Å². The summed E-state index contributed by atoms with van der Waals surface area (Å²) in [6.07, 6.45) is 1.000. The Morgan fingerprint density at radius 3 is 2.50 bits per heavy atom. The Morgan fingerprint density at radius 2 is 2.00 bits per heavy atom. The minimum absolute atomic E-state index is 0.544. The number of aryl methyl sites for hydroxylation is 1. The van der Waals surface area contributed by atoms with E-state index in [1.54, 1.807) is 0 Å². The highest BCUT2D eigenvalue weighted by Gasteiger charge is 2.09. The number of benzene rings is 1. The highest BCUT2D eigenvalue weighted by molar-refractivity contribution is 7.11. The first-order chi connectivity index (χ1) is 8.76. The maximum atomic E-state index is 9.25. The number of rotatable bonds is 3. The molecule has 0 aliphatic heterocycles. The SMILES string of the molecule is CCc1ccc(/C(N)=C(/C#N)c2cccs2)cc1. The van der Waals surface area contributed by atoms with Gasteiger partial charge in [-0.3, -0.25) is 0 Å². The standard InChI is InChI=1S/C15H14N2S/c1-2-11-5-7-12(8-6-11)15(17)13(10-16)14-4-3-9-18-14/h3-9H,2,17H2,1H3/b15-13+. The number of hydrogen-bond donors (Lipinski definition) is 1. The smallest absolute Gasteiger partial charge is 0.103 e. The molecular weight excluding hydrogens is 240 g/mol. The van der Waals surface area contributed by atoms with Crippen LogP contribution in [-0.2, 0) is 6.42 Å². The van der Waals surface area contributed by atoms with Crippen molar-refractivity contribution in [3.63, 3.8) is 0 Å². The van der Waals surface area contributed by atoms with Gasteiger partial charge in [-0.15, -0.1) is 11.3 Å². The van der Waals surface area contributed by atoms with Crippen LogP contribution in [0.25, 0.3) is 11.3 Å². The Kier molecular flexibility index (Phi) is 3.81. The molecule has 90 valence electrons. The number of nitrogens with two attached hydrogens (primary N) is 1. The molecule has 1 aromatic heterocycles. The lowest BCUT2D eigenvalue weighted by Gasteiger charge is -2.05. The second-order valence-corrected chi connectivity index (χ2v) is 4.88. The third-order valence-corrected chi connectivity index (χ3v) is 3.71. The van der Waals surface area contributed by atoms with E-state index in [4.69, 9.17) is 5.73 Å². The first kappa shape index (κ1) is 12.4. The van der Waals surface area contributed by atoms with E-state index in [0.717, 1.165) is 16.9 Å². The molecular formula is C15H14N2S. The second-order valence-electron chi connectivity index (χ2n) is 3.93. The summed E-state index contributed by atoms with van der Waals surface area (Å²) >= 11 is 1.53. The summed E-state index contributed by atoms with van der Waals surface area (Å²) in [7, 11) is 0. The summed E-state index contributed by atoms with van der Waals surface area (Å²) in [6.45, 7) is 2.11. The van der Waals surface area contributed by atoms with Gasteiger partial charge in [0.15, 0.2) is 0 Å². The number of allylic oxidation sites excluding steroid dienone is 1. The van der Waals surface area contributed by atoms with Crippen molar-refractivity contribution in [1.29, 1.82) is 5.26 Å². The minimum Gasteiger partial charge on any atom is -0.397 e. The summed E-state index contributed by atoms with van der Waals surface area (Å²) in [5.41, 5.74) is 9.36. The average Bonchev–Trinajstić information content (AvgIpc) is 2.93. The molecule has 3 heteroatoms. The Hall–Kier alpha value is -2.05. The van der Waals surface area contributed by atoms with E-state index in [1.165, 1.54) is 16.9 Å². The molecule has 1 aromatic carbocycles. The predicted molar refractivity (Wildman–Crippen MR) is 76.8 cm³/mol. The third kappa shape index (κ3) is 2.44. The van der Waals surface area contributed by atoms with E-state index < -0.39 is 0 Å². The highest BCUT2D eigenvalue weighted by atomic mass is 32.1. The summed E-state index contributed by atoms with van der Waals surface area (Å²) < 4.78 is 0. The summed E-state index contributed by atoms with van der Waals surface area (Å²) in [4.78, 5) is 0.912. The molecule has 18 heavy (non-hydrogen) atoms. The zero-order chi connectivity index (χ0) is 13.0. The van der Waals surface area contributed by atoms with Gasteiger partial charge in [0.2, 0.25) is 0 Å². The van der Waals surface area contributed by atoms with Crippen LogP contribution < -0.4 is 5.73 Å². The maximum Gasteiger partial charge on any atom is 0.103 e. The van der Waals surface area contributed by atoms with Crippen molar-refractivity contribution in [1.82, 2.24) is 0 Å². The fraction of sp³-hybridized carbons (Fsp3) is 0.133. The molecule has 2 N–H and O–H groups in total. The average molecular weight is 254 g/mol. The molecule has 2 nitrogen and oxygen atoms in total. The minimum atomic E-state index is 0.544. The fourth-order valence-corrected chi connectivity index (χ4v) is 2.47. The number of nitriles is 1. The largest absolute Gasteiger partial charge is 0.397 e. The van der Waals surface area contributed by atoms with Crippen LogP contribution in [0.4, 0.5) is 0 Å². The number of thiophene rings is 1. The van der Waals surface area contributed by atoms with Gasteiger partial charge in [0.25, 0.3) is 0 Å². The van der Waals surface area contributed by atoms with E-state index in [1.807, 2.05) is 41.8 Å². The van der Waals surface area contributed by atoms with Crippen LogP contribution in [0.1, 0.15) is 22.9 Å². The topological polar surface area (TPSA) is 49.8 Å². The van der Waals surface area contributed by atoms with Crippen molar-refractivity contribution < 1.29 is 0 Å². The molecule has 0 unspecified atom stereocenters. The predicted octanol–water partition coefficient (Wildman–Crippen LogP) is 3.66. The van der Waals surface area contributed by atoms with Crippen LogP contribution in [0.2, 0.25) is 0 Å². The van der Waals surface area contributed by atoms with Crippen LogP contribution >= 0.6 is 11.3 Å². The molecule has 0 saturated carbocycles. The lowest BCUT2D eigenvalue weighted by atomic mass is 10.0. The van der Waals surface area contributed by atoms with Crippen molar-refractivity contribution in [3.8, 4) is 6.07 Å². The molecule has 0 atom stereocenters.